The molecule has 1 atom stereocenters. The van der Waals surface area contributed by atoms with E-state index in [2.05, 4.69) is 15.5 Å². The van der Waals surface area contributed by atoms with Crippen molar-refractivity contribution < 1.29 is 0 Å². The number of rotatable bonds is 3. The predicted molar refractivity (Wildman–Crippen MR) is 67.4 cm³/mol. The molecule has 2 fully saturated rings. The minimum Gasteiger partial charge on any atom is -0.308 e. The first-order valence-electron chi connectivity index (χ1n) is 6.89. The Kier molecular flexibility index (Phi) is 3.10. The molecule has 1 spiro atoms. The molecular formula is C14H21N3. The van der Waals surface area contributed by atoms with Gasteiger partial charge in [-0.1, -0.05) is 19.3 Å². The minimum atomic E-state index is 0.639. The van der Waals surface area contributed by atoms with Gasteiger partial charge in [0.05, 0.1) is 5.69 Å². The fraction of sp³-hybridized carbons (Fsp3) is 0.714. The van der Waals surface area contributed by atoms with Gasteiger partial charge in [0.25, 0.3) is 0 Å². The van der Waals surface area contributed by atoms with E-state index in [4.69, 9.17) is 0 Å². The average Bonchev–Trinajstić information content (AvgIpc) is 2.40. The second kappa shape index (κ2) is 4.73. The topological polar surface area (TPSA) is 37.8 Å². The van der Waals surface area contributed by atoms with Crippen molar-refractivity contribution in [2.45, 2.75) is 57.5 Å². The normalized spacial score (nSPS) is 26.7. The molecule has 17 heavy (non-hydrogen) atoms. The molecule has 0 radical (unpaired) electrons. The summed E-state index contributed by atoms with van der Waals surface area (Å²) in [6.45, 7) is 0.875. The standard InChI is InChI=1S/C14H21N3/c1-2-7-14(8-3-1)9-6-13(14)15-11-12-5-4-10-16-17-12/h4-5,10,13,15H,1-3,6-9,11H2. The number of hydrogen-bond acceptors (Lipinski definition) is 3. The highest BCUT2D eigenvalue weighted by Crippen LogP contribution is 2.51. The lowest BCUT2D eigenvalue weighted by Crippen LogP contribution is -2.54. The van der Waals surface area contributed by atoms with Crippen LogP contribution in [0.4, 0.5) is 0 Å². The van der Waals surface area contributed by atoms with Gasteiger partial charge in [-0.2, -0.15) is 10.2 Å². The zero-order chi connectivity index (χ0) is 11.6. The van der Waals surface area contributed by atoms with Crippen molar-refractivity contribution in [1.29, 1.82) is 0 Å². The lowest BCUT2D eigenvalue weighted by Gasteiger charge is -2.52. The van der Waals surface area contributed by atoms with Crippen LogP contribution in [0.5, 0.6) is 0 Å². The highest BCUT2D eigenvalue weighted by molar-refractivity contribution is 5.04. The number of aromatic nitrogens is 2. The second-order valence-electron chi connectivity index (χ2n) is 5.61. The summed E-state index contributed by atoms with van der Waals surface area (Å²) < 4.78 is 0. The van der Waals surface area contributed by atoms with Crippen LogP contribution in [0.15, 0.2) is 18.3 Å². The molecule has 2 saturated carbocycles. The van der Waals surface area contributed by atoms with E-state index in [1.165, 1.54) is 44.9 Å². The van der Waals surface area contributed by atoms with Crippen LogP contribution < -0.4 is 5.32 Å². The molecule has 3 rings (SSSR count). The van der Waals surface area contributed by atoms with Crippen molar-refractivity contribution >= 4 is 0 Å². The van der Waals surface area contributed by atoms with Gasteiger partial charge < -0.3 is 5.32 Å². The minimum absolute atomic E-state index is 0.639. The maximum atomic E-state index is 4.13. The Hall–Kier alpha value is -0.960. The summed E-state index contributed by atoms with van der Waals surface area (Å²) in [4.78, 5) is 0. The molecule has 1 unspecified atom stereocenters. The molecule has 0 bridgehead atoms. The van der Waals surface area contributed by atoms with Crippen LogP contribution in [0.25, 0.3) is 0 Å². The van der Waals surface area contributed by atoms with Crippen molar-refractivity contribution in [3.05, 3.63) is 24.0 Å². The Morgan fingerprint density at radius 2 is 2.12 bits per heavy atom. The number of nitrogens with zero attached hydrogens (tertiary/aromatic N) is 2. The highest BCUT2D eigenvalue weighted by atomic mass is 15.1. The molecule has 3 heteroatoms. The monoisotopic (exact) mass is 231 g/mol. The van der Waals surface area contributed by atoms with E-state index in [-0.39, 0.29) is 0 Å². The van der Waals surface area contributed by atoms with Gasteiger partial charge in [0.2, 0.25) is 0 Å². The van der Waals surface area contributed by atoms with Gasteiger partial charge in [0.1, 0.15) is 0 Å². The van der Waals surface area contributed by atoms with Gasteiger partial charge in [0.15, 0.2) is 0 Å². The van der Waals surface area contributed by atoms with E-state index in [0.29, 0.717) is 5.41 Å². The molecule has 0 aliphatic heterocycles. The molecule has 92 valence electrons. The molecule has 3 nitrogen and oxygen atoms in total. The molecule has 1 aromatic heterocycles. The van der Waals surface area contributed by atoms with Crippen molar-refractivity contribution in [1.82, 2.24) is 15.5 Å². The van der Waals surface area contributed by atoms with Gasteiger partial charge in [-0.15, -0.1) is 0 Å². The smallest absolute Gasteiger partial charge is 0.0769 e. The Morgan fingerprint density at radius 3 is 2.76 bits per heavy atom. The maximum absolute atomic E-state index is 4.13. The second-order valence-corrected chi connectivity index (χ2v) is 5.61. The Morgan fingerprint density at radius 1 is 1.24 bits per heavy atom. The predicted octanol–water partition coefficient (Wildman–Crippen LogP) is 2.68. The molecule has 2 aliphatic rings. The summed E-state index contributed by atoms with van der Waals surface area (Å²) in [5.41, 5.74) is 1.70. The molecule has 0 saturated heterocycles. The fourth-order valence-electron chi connectivity index (χ4n) is 3.53. The lowest BCUT2D eigenvalue weighted by molar-refractivity contribution is 0.0219. The molecule has 2 aliphatic carbocycles. The van der Waals surface area contributed by atoms with E-state index < -0.39 is 0 Å². The summed E-state index contributed by atoms with van der Waals surface area (Å²) in [7, 11) is 0. The Bertz CT molecular complexity index is 357. The van der Waals surface area contributed by atoms with Crippen molar-refractivity contribution in [3.63, 3.8) is 0 Å². The van der Waals surface area contributed by atoms with Crippen LogP contribution in [0.2, 0.25) is 0 Å². The van der Waals surface area contributed by atoms with Gasteiger partial charge in [-0.3, -0.25) is 0 Å². The fourth-order valence-corrected chi connectivity index (χ4v) is 3.53. The van der Waals surface area contributed by atoms with E-state index in [9.17, 15) is 0 Å². The largest absolute Gasteiger partial charge is 0.308 e. The molecule has 0 aromatic carbocycles. The summed E-state index contributed by atoms with van der Waals surface area (Å²) in [6, 6.07) is 4.73. The first-order chi connectivity index (χ1) is 8.39. The van der Waals surface area contributed by atoms with Crippen molar-refractivity contribution in [2.24, 2.45) is 5.41 Å². The van der Waals surface area contributed by atoms with E-state index in [1.807, 2.05) is 12.1 Å². The van der Waals surface area contributed by atoms with Crippen LogP contribution in [-0.2, 0) is 6.54 Å². The molecule has 0 amide bonds. The average molecular weight is 231 g/mol. The zero-order valence-electron chi connectivity index (χ0n) is 10.4. The third-order valence-electron chi connectivity index (χ3n) is 4.68. The Labute approximate surface area is 103 Å². The lowest BCUT2D eigenvalue weighted by atomic mass is 9.57. The third-order valence-corrected chi connectivity index (χ3v) is 4.68. The SMILES string of the molecule is c1cnnc(CNC2CCC23CCCCC3)c1. The molecular weight excluding hydrogens is 210 g/mol. The summed E-state index contributed by atoms with van der Waals surface area (Å²) in [6.07, 6.45) is 11.7. The maximum Gasteiger partial charge on any atom is 0.0769 e. The quantitative estimate of drug-likeness (QED) is 0.869. The summed E-state index contributed by atoms with van der Waals surface area (Å²) >= 11 is 0. The Balaban J connectivity index is 1.56. The third kappa shape index (κ3) is 2.21. The number of hydrogen-bond donors (Lipinski definition) is 1. The number of nitrogens with one attached hydrogen (secondary N) is 1. The summed E-state index contributed by atoms with van der Waals surface area (Å²) in [5, 5.41) is 11.7. The van der Waals surface area contributed by atoms with Crippen LogP contribution >= 0.6 is 0 Å². The van der Waals surface area contributed by atoms with E-state index in [0.717, 1.165) is 18.3 Å². The van der Waals surface area contributed by atoms with Crippen LogP contribution in [0.3, 0.4) is 0 Å². The highest BCUT2D eigenvalue weighted by Gasteiger charge is 2.46. The molecule has 1 aromatic rings. The van der Waals surface area contributed by atoms with Crippen LogP contribution in [0, 0.1) is 5.41 Å². The molecule has 1 heterocycles. The van der Waals surface area contributed by atoms with Crippen LogP contribution in [-0.4, -0.2) is 16.2 Å². The van der Waals surface area contributed by atoms with Gasteiger partial charge in [-0.25, -0.2) is 0 Å². The van der Waals surface area contributed by atoms with Gasteiger partial charge in [-0.05, 0) is 43.2 Å². The first kappa shape index (κ1) is 11.1. The van der Waals surface area contributed by atoms with Crippen LogP contribution in [0.1, 0.15) is 50.6 Å². The van der Waals surface area contributed by atoms with Gasteiger partial charge >= 0.3 is 0 Å². The van der Waals surface area contributed by atoms with Crippen molar-refractivity contribution in [2.75, 3.05) is 0 Å². The van der Waals surface area contributed by atoms with Crippen molar-refractivity contribution in [3.8, 4) is 0 Å². The van der Waals surface area contributed by atoms with E-state index >= 15 is 0 Å². The first-order valence-corrected chi connectivity index (χ1v) is 6.89. The zero-order valence-corrected chi connectivity index (χ0v) is 10.4. The molecule has 1 N–H and O–H groups in total. The van der Waals surface area contributed by atoms with Gasteiger partial charge in [0, 0.05) is 18.8 Å². The summed E-state index contributed by atoms with van der Waals surface area (Å²) in [5.74, 6) is 0. The van der Waals surface area contributed by atoms with E-state index in [1.54, 1.807) is 6.20 Å².